The Hall–Kier alpha value is -2.93. The fraction of sp³-hybridized carbons (Fsp3) is 0.304. The van der Waals surface area contributed by atoms with E-state index in [1.807, 2.05) is 30.3 Å². The molecule has 7 heteroatoms. The minimum atomic E-state index is -3.40. The molecule has 3 aromatic rings. The predicted molar refractivity (Wildman–Crippen MR) is 116 cm³/mol. The normalized spacial score (nSPS) is 11.5. The molecule has 0 aliphatic heterocycles. The third kappa shape index (κ3) is 4.03. The summed E-state index contributed by atoms with van der Waals surface area (Å²) in [5.41, 5.74) is 4.18. The number of ether oxygens (including phenoxy) is 1. The van der Waals surface area contributed by atoms with Gasteiger partial charge in [-0.1, -0.05) is 30.3 Å². The molecular formula is C23H26N2O4S. The molecule has 1 heterocycles. The van der Waals surface area contributed by atoms with Gasteiger partial charge in [0.05, 0.1) is 10.6 Å². The molecule has 2 aromatic carbocycles. The zero-order chi connectivity index (χ0) is 22.2. The largest absolute Gasteiger partial charge is 0.472 e. The summed E-state index contributed by atoms with van der Waals surface area (Å²) < 4.78 is 31.9. The molecule has 1 aromatic heterocycles. The molecule has 30 heavy (non-hydrogen) atoms. The molecule has 0 fully saturated rings. The van der Waals surface area contributed by atoms with Gasteiger partial charge < -0.3 is 4.74 Å². The van der Waals surface area contributed by atoms with Gasteiger partial charge in [-0.25, -0.2) is 13.1 Å². The lowest BCUT2D eigenvalue weighted by molar-refractivity contribution is 0.103. The van der Waals surface area contributed by atoms with Gasteiger partial charge in [0.15, 0.2) is 9.84 Å². The zero-order valence-corrected chi connectivity index (χ0v) is 18.9. The lowest BCUT2D eigenvalue weighted by Crippen LogP contribution is -2.12. The predicted octanol–water partition coefficient (Wildman–Crippen LogP) is 3.87. The summed E-state index contributed by atoms with van der Waals surface area (Å²) in [6.45, 7) is 7.29. The third-order valence-electron chi connectivity index (χ3n) is 5.26. The summed E-state index contributed by atoms with van der Waals surface area (Å²) in [5.74, 6) is 0.163. The van der Waals surface area contributed by atoms with Gasteiger partial charge in [-0.2, -0.15) is 5.10 Å². The number of rotatable bonds is 6. The Balaban J connectivity index is 2.06. The van der Waals surface area contributed by atoms with Crippen LogP contribution in [0.25, 0.3) is 0 Å². The Morgan fingerprint density at radius 2 is 1.70 bits per heavy atom. The number of nitrogens with zero attached hydrogens (tertiary/aromatic N) is 2. The van der Waals surface area contributed by atoms with Gasteiger partial charge >= 0.3 is 0 Å². The van der Waals surface area contributed by atoms with E-state index in [4.69, 9.17) is 4.74 Å². The van der Waals surface area contributed by atoms with Crippen molar-refractivity contribution < 1.29 is 17.9 Å². The van der Waals surface area contributed by atoms with Gasteiger partial charge in [0.25, 0.3) is 0 Å². The van der Waals surface area contributed by atoms with Crippen molar-refractivity contribution in [1.29, 1.82) is 0 Å². The van der Waals surface area contributed by atoms with Crippen LogP contribution in [0.15, 0.2) is 41.3 Å². The van der Waals surface area contributed by atoms with Crippen LogP contribution in [-0.2, 0) is 23.5 Å². The molecule has 0 aliphatic carbocycles. The first-order valence-electron chi connectivity index (χ1n) is 9.58. The van der Waals surface area contributed by atoms with Crippen molar-refractivity contribution in [2.45, 2.75) is 39.2 Å². The summed E-state index contributed by atoms with van der Waals surface area (Å²) >= 11 is 0. The van der Waals surface area contributed by atoms with Crippen LogP contribution < -0.4 is 4.74 Å². The van der Waals surface area contributed by atoms with Gasteiger partial charge in [-0.05, 0) is 56.0 Å². The Morgan fingerprint density at radius 3 is 2.30 bits per heavy atom. The van der Waals surface area contributed by atoms with Crippen LogP contribution >= 0.6 is 0 Å². The van der Waals surface area contributed by atoms with Gasteiger partial charge in [0.1, 0.15) is 12.2 Å². The monoisotopic (exact) mass is 426 g/mol. The quantitative estimate of drug-likeness (QED) is 0.559. The number of hydrogen-bond donors (Lipinski definition) is 0. The molecule has 3 rings (SSSR count). The topological polar surface area (TPSA) is 78.3 Å². The van der Waals surface area contributed by atoms with Crippen molar-refractivity contribution in [3.05, 3.63) is 75.5 Å². The summed E-state index contributed by atoms with van der Waals surface area (Å²) in [7, 11) is -1.66. The van der Waals surface area contributed by atoms with Gasteiger partial charge in [-0.3, -0.25) is 4.79 Å². The summed E-state index contributed by atoms with van der Waals surface area (Å²) in [4.78, 5) is 13.8. The maximum Gasteiger partial charge on any atom is 0.223 e. The van der Waals surface area contributed by atoms with E-state index in [1.165, 1.54) is 6.26 Å². The number of sulfone groups is 1. The molecule has 0 atom stereocenters. The Bertz CT molecular complexity index is 1230. The van der Waals surface area contributed by atoms with E-state index in [0.717, 1.165) is 5.56 Å². The molecule has 0 saturated heterocycles. The smallest absolute Gasteiger partial charge is 0.223 e. The van der Waals surface area contributed by atoms with Gasteiger partial charge in [-0.15, -0.1) is 0 Å². The van der Waals surface area contributed by atoms with E-state index in [1.54, 1.807) is 45.5 Å². The van der Waals surface area contributed by atoms with Crippen LogP contribution in [0.2, 0.25) is 0 Å². The number of benzene rings is 2. The Kier molecular flexibility index (Phi) is 5.85. The summed E-state index contributed by atoms with van der Waals surface area (Å²) in [5, 5.41) is 4.38. The first kappa shape index (κ1) is 21.8. The van der Waals surface area contributed by atoms with Crippen molar-refractivity contribution >= 4 is 15.6 Å². The molecule has 0 radical (unpaired) electrons. The number of ketones is 1. The van der Waals surface area contributed by atoms with E-state index in [9.17, 15) is 13.2 Å². The second-order valence-corrected chi connectivity index (χ2v) is 9.54. The van der Waals surface area contributed by atoms with Crippen molar-refractivity contribution in [2.24, 2.45) is 7.05 Å². The van der Waals surface area contributed by atoms with Crippen molar-refractivity contribution in [1.82, 2.24) is 9.78 Å². The third-order valence-corrected chi connectivity index (χ3v) is 6.63. The lowest BCUT2D eigenvalue weighted by atomic mass is 9.94. The SMILES string of the molecule is Cc1cc(C(=O)c2c(C)nn(C)c2OCc2ccccc2)c(C)c(C)c1S(C)(=O)=O. The van der Waals surface area contributed by atoms with Crippen molar-refractivity contribution in [3.63, 3.8) is 0 Å². The van der Waals surface area contributed by atoms with Crippen molar-refractivity contribution in [3.8, 4) is 5.88 Å². The maximum atomic E-state index is 13.5. The molecule has 158 valence electrons. The highest BCUT2D eigenvalue weighted by molar-refractivity contribution is 7.90. The molecule has 0 N–H and O–H groups in total. The average Bonchev–Trinajstić information content (AvgIpc) is 2.95. The number of hydrogen-bond acceptors (Lipinski definition) is 5. The van der Waals surface area contributed by atoms with Crippen molar-refractivity contribution in [2.75, 3.05) is 6.26 Å². The lowest BCUT2D eigenvalue weighted by Gasteiger charge is -2.15. The average molecular weight is 427 g/mol. The van der Waals surface area contributed by atoms with Gasteiger partial charge in [0, 0.05) is 18.9 Å². The summed E-state index contributed by atoms with van der Waals surface area (Å²) in [6, 6.07) is 11.3. The molecule has 0 bridgehead atoms. The van der Waals surface area contributed by atoms with E-state index in [2.05, 4.69) is 5.10 Å². The molecule has 0 unspecified atom stereocenters. The molecule has 0 spiro atoms. The standard InChI is InChI=1S/C23H26N2O4S/c1-14-12-19(15(2)16(3)22(14)30(6,27)28)21(26)20-17(4)24-25(5)23(20)29-13-18-10-8-7-9-11-18/h7-12H,13H2,1-6H3. The second kappa shape index (κ2) is 8.07. The molecular weight excluding hydrogens is 400 g/mol. The van der Waals surface area contributed by atoms with Crippen LogP contribution in [0.3, 0.4) is 0 Å². The fourth-order valence-electron chi connectivity index (χ4n) is 3.79. The highest BCUT2D eigenvalue weighted by Crippen LogP contribution is 2.31. The summed E-state index contributed by atoms with van der Waals surface area (Å²) in [6.07, 6.45) is 1.18. The van der Waals surface area contributed by atoms with Crippen LogP contribution in [0.5, 0.6) is 5.88 Å². The minimum absolute atomic E-state index is 0.229. The fourth-order valence-corrected chi connectivity index (χ4v) is 5.14. The van der Waals surface area contributed by atoms with E-state index in [0.29, 0.717) is 46.0 Å². The number of aromatic nitrogens is 2. The second-order valence-electron chi connectivity index (χ2n) is 7.58. The number of carbonyl (C=O) groups excluding carboxylic acids is 1. The molecule has 0 amide bonds. The number of carbonyl (C=O) groups is 1. The Labute approximate surface area is 177 Å². The Morgan fingerprint density at radius 1 is 1.07 bits per heavy atom. The van der Waals surface area contributed by atoms with Crippen LogP contribution in [0.1, 0.15) is 43.9 Å². The highest BCUT2D eigenvalue weighted by atomic mass is 32.2. The molecule has 6 nitrogen and oxygen atoms in total. The zero-order valence-electron chi connectivity index (χ0n) is 18.1. The van der Waals surface area contributed by atoms with Crippen LogP contribution in [0, 0.1) is 27.7 Å². The minimum Gasteiger partial charge on any atom is -0.472 e. The maximum absolute atomic E-state index is 13.5. The number of aryl methyl sites for hydroxylation is 3. The molecule has 0 aliphatic rings. The van der Waals surface area contributed by atoms with Crippen LogP contribution in [0.4, 0.5) is 0 Å². The first-order chi connectivity index (χ1) is 14.0. The van der Waals surface area contributed by atoms with Gasteiger partial charge in [0.2, 0.25) is 11.7 Å². The molecule has 0 saturated carbocycles. The first-order valence-corrected chi connectivity index (χ1v) is 11.5. The van der Waals surface area contributed by atoms with E-state index >= 15 is 0 Å². The highest BCUT2D eigenvalue weighted by Gasteiger charge is 2.27. The van der Waals surface area contributed by atoms with Crippen LogP contribution in [-0.4, -0.2) is 30.2 Å². The van der Waals surface area contributed by atoms with E-state index in [-0.39, 0.29) is 10.7 Å². The van der Waals surface area contributed by atoms with E-state index < -0.39 is 9.84 Å².